The maximum atomic E-state index is 11.8. The van der Waals surface area contributed by atoms with E-state index in [1.165, 1.54) is 6.39 Å². The average molecular weight is 295 g/mol. The van der Waals surface area contributed by atoms with Crippen LogP contribution in [0.2, 0.25) is 0 Å². The fourth-order valence-electron chi connectivity index (χ4n) is 1.41. The number of amides is 1. The minimum atomic E-state index is -0.0963. The van der Waals surface area contributed by atoms with Crippen molar-refractivity contribution in [2.45, 2.75) is 6.42 Å². The minimum absolute atomic E-state index is 0.0963. The number of aromatic nitrogens is 1. The molecule has 0 aliphatic carbocycles. The van der Waals surface area contributed by atoms with Crippen LogP contribution in [-0.2, 0) is 6.42 Å². The van der Waals surface area contributed by atoms with Crippen molar-refractivity contribution in [2.24, 2.45) is 0 Å². The smallest absolute Gasteiger partial charge is 0.252 e. The second-order valence-corrected chi connectivity index (χ2v) is 4.32. The van der Waals surface area contributed by atoms with Crippen LogP contribution in [0.3, 0.4) is 0 Å². The first-order chi connectivity index (χ1) is 8.27. The SMILES string of the molecule is O=C(NCCc1cocn1)c1ccccc1Br. The first-order valence-electron chi connectivity index (χ1n) is 5.17. The lowest BCUT2D eigenvalue weighted by molar-refractivity contribution is 0.0953. The summed E-state index contributed by atoms with van der Waals surface area (Å²) in [4.78, 5) is 15.8. The van der Waals surface area contributed by atoms with E-state index in [1.807, 2.05) is 18.2 Å². The molecule has 2 aromatic rings. The first kappa shape index (κ1) is 11.9. The van der Waals surface area contributed by atoms with E-state index in [0.717, 1.165) is 10.2 Å². The number of carbonyl (C=O) groups is 1. The van der Waals surface area contributed by atoms with Gasteiger partial charge in [0.1, 0.15) is 6.26 Å². The minimum Gasteiger partial charge on any atom is -0.451 e. The van der Waals surface area contributed by atoms with Crippen molar-refractivity contribution in [1.29, 1.82) is 0 Å². The summed E-state index contributed by atoms with van der Waals surface area (Å²) in [6, 6.07) is 7.32. The summed E-state index contributed by atoms with van der Waals surface area (Å²) in [6.07, 6.45) is 3.61. The number of halogens is 1. The van der Waals surface area contributed by atoms with Crippen LogP contribution in [-0.4, -0.2) is 17.4 Å². The summed E-state index contributed by atoms with van der Waals surface area (Å²) in [5.74, 6) is -0.0963. The summed E-state index contributed by atoms with van der Waals surface area (Å²) in [7, 11) is 0. The normalized spacial score (nSPS) is 10.2. The molecule has 0 saturated heterocycles. The van der Waals surface area contributed by atoms with Gasteiger partial charge in [-0.3, -0.25) is 4.79 Å². The molecule has 5 heteroatoms. The van der Waals surface area contributed by atoms with Gasteiger partial charge in [-0.25, -0.2) is 4.98 Å². The molecule has 0 aliphatic heterocycles. The van der Waals surface area contributed by atoms with E-state index < -0.39 is 0 Å². The van der Waals surface area contributed by atoms with Crippen LogP contribution in [0.15, 0.2) is 45.8 Å². The molecule has 88 valence electrons. The van der Waals surface area contributed by atoms with E-state index in [2.05, 4.69) is 26.2 Å². The van der Waals surface area contributed by atoms with E-state index in [4.69, 9.17) is 4.42 Å². The van der Waals surface area contributed by atoms with E-state index in [-0.39, 0.29) is 5.91 Å². The highest BCUT2D eigenvalue weighted by molar-refractivity contribution is 9.10. The zero-order chi connectivity index (χ0) is 12.1. The van der Waals surface area contributed by atoms with Crippen LogP contribution in [0.4, 0.5) is 0 Å². The number of rotatable bonds is 4. The zero-order valence-electron chi connectivity index (χ0n) is 9.02. The predicted molar refractivity (Wildman–Crippen MR) is 66.7 cm³/mol. The van der Waals surface area contributed by atoms with Gasteiger partial charge in [-0.05, 0) is 28.1 Å². The number of hydrogen-bond acceptors (Lipinski definition) is 3. The van der Waals surface area contributed by atoms with Crippen molar-refractivity contribution in [3.05, 3.63) is 52.7 Å². The molecule has 1 amide bonds. The Morgan fingerprint density at radius 3 is 2.94 bits per heavy atom. The van der Waals surface area contributed by atoms with Gasteiger partial charge in [-0.15, -0.1) is 0 Å². The highest BCUT2D eigenvalue weighted by Gasteiger charge is 2.08. The number of nitrogens with zero attached hydrogens (tertiary/aromatic N) is 1. The maximum Gasteiger partial charge on any atom is 0.252 e. The third-order valence-corrected chi connectivity index (χ3v) is 2.96. The molecule has 17 heavy (non-hydrogen) atoms. The zero-order valence-corrected chi connectivity index (χ0v) is 10.6. The molecule has 0 radical (unpaired) electrons. The Labute approximate surface area is 107 Å². The Bertz CT molecular complexity index is 497. The lowest BCUT2D eigenvalue weighted by Gasteiger charge is -2.05. The second-order valence-electron chi connectivity index (χ2n) is 3.47. The summed E-state index contributed by atoms with van der Waals surface area (Å²) < 4.78 is 5.64. The van der Waals surface area contributed by atoms with Crippen LogP contribution in [0, 0.1) is 0 Å². The van der Waals surface area contributed by atoms with Gasteiger partial charge in [0.05, 0.1) is 11.3 Å². The predicted octanol–water partition coefficient (Wildman–Crippen LogP) is 2.41. The van der Waals surface area contributed by atoms with Crippen molar-refractivity contribution in [3.8, 4) is 0 Å². The van der Waals surface area contributed by atoms with Gasteiger partial charge in [0.2, 0.25) is 0 Å². The van der Waals surface area contributed by atoms with Gasteiger partial charge in [0.25, 0.3) is 5.91 Å². The molecular weight excluding hydrogens is 284 g/mol. The van der Waals surface area contributed by atoms with Crippen molar-refractivity contribution < 1.29 is 9.21 Å². The molecule has 1 N–H and O–H groups in total. The van der Waals surface area contributed by atoms with Crippen molar-refractivity contribution >= 4 is 21.8 Å². The van der Waals surface area contributed by atoms with E-state index >= 15 is 0 Å². The van der Waals surface area contributed by atoms with Crippen LogP contribution >= 0.6 is 15.9 Å². The van der Waals surface area contributed by atoms with Crippen molar-refractivity contribution in [2.75, 3.05) is 6.54 Å². The lowest BCUT2D eigenvalue weighted by Crippen LogP contribution is -2.26. The van der Waals surface area contributed by atoms with Crippen molar-refractivity contribution in [3.63, 3.8) is 0 Å². The number of carbonyl (C=O) groups excluding carboxylic acids is 1. The molecule has 4 nitrogen and oxygen atoms in total. The standard InChI is InChI=1S/C12H11BrN2O2/c13-11-4-2-1-3-10(11)12(16)14-6-5-9-7-17-8-15-9/h1-4,7-8H,5-6H2,(H,14,16). The second kappa shape index (κ2) is 5.63. The Kier molecular flexibility index (Phi) is 3.93. The molecule has 1 aromatic heterocycles. The summed E-state index contributed by atoms with van der Waals surface area (Å²) in [5, 5.41) is 2.83. The summed E-state index contributed by atoms with van der Waals surface area (Å²) in [5.41, 5.74) is 1.46. The number of oxazole rings is 1. The third kappa shape index (κ3) is 3.17. The van der Waals surface area contributed by atoms with Gasteiger partial charge in [-0.2, -0.15) is 0 Å². The fourth-order valence-corrected chi connectivity index (χ4v) is 1.87. The van der Waals surface area contributed by atoms with E-state index in [1.54, 1.807) is 12.3 Å². The Hall–Kier alpha value is -1.62. The van der Waals surface area contributed by atoms with E-state index in [0.29, 0.717) is 18.5 Å². The third-order valence-electron chi connectivity index (χ3n) is 2.27. The van der Waals surface area contributed by atoms with Gasteiger partial charge in [0.15, 0.2) is 6.39 Å². The maximum absolute atomic E-state index is 11.8. The monoisotopic (exact) mass is 294 g/mol. The highest BCUT2D eigenvalue weighted by atomic mass is 79.9. The topological polar surface area (TPSA) is 55.1 Å². The lowest BCUT2D eigenvalue weighted by atomic mass is 10.2. The largest absolute Gasteiger partial charge is 0.451 e. The van der Waals surface area contributed by atoms with Gasteiger partial charge >= 0.3 is 0 Å². The molecule has 0 bridgehead atoms. The molecule has 0 spiro atoms. The molecule has 2 rings (SSSR count). The molecule has 0 saturated carbocycles. The molecule has 0 atom stereocenters. The quantitative estimate of drug-likeness (QED) is 0.942. The van der Waals surface area contributed by atoms with E-state index in [9.17, 15) is 4.79 Å². The van der Waals surface area contributed by atoms with Crippen LogP contribution < -0.4 is 5.32 Å². The number of benzene rings is 1. The first-order valence-corrected chi connectivity index (χ1v) is 5.96. The van der Waals surface area contributed by atoms with Gasteiger partial charge in [-0.1, -0.05) is 12.1 Å². The van der Waals surface area contributed by atoms with Crippen LogP contribution in [0.1, 0.15) is 16.1 Å². The molecule has 1 aromatic carbocycles. The molecule has 1 heterocycles. The Morgan fingerprint density at radius 1 is 1.41 bits per heavy atom. The van der Waals surface area contributed by atoms with Gasteiger partial charge < -0.3 is 9.73 Å². The average Bonchev–Trinajstić information content (AvgIpc) is 2.82. The molecule has 0 aliphatic rings. The number of nitrogens with one attached hydrogen (secondary N) is 1. The molecule has 0 fully saturated rings. The Balaban J connectivity index is 1.88. The van der Waals surface area contributed by atoms with Crippen LogP contribution in [0.5, 0.6) is 0 Å². The Morgan fingerprint density at radius 2 is 2.24 bits per heavy atom. The fraction of sp³-hybridized carbons (Fsp3) is 0.167. The summed E-state index contributed by atoms with van der Waals surface area (Å²) in [6.45, 7) is 0.534. The van der Waals surface area contributed by atoms with Crippen molar-refractivity contribution in [1.82, 2.24) is 10.3 Å². The highest BCUT2D eigenvalue weighted by Crippen LogP contribution is 2.15. The summed E-state index contributed by atoms with van der Waals surface area (Å²) >= 11 is 3.34. The molecule has 0 unspecified atom stereocenters. The van der Waals surface area contributed by atoms with Gasteiger partial charge in [0, 0.05) is 17.4 Å². The number of hydrogen-bond donors (Lipinski definition) is 1. The molecular formula is C12H11BrN2O2. The van der Waals surface area contributed by atoms with Crippen LogP contribution in [0.25, 0.3) is 0 Å².